The molecule has 0 fully saturated rings. The maximum atomic E-state index is 5.68. The van der Waals surface area contributed by atoms with Crippen LogP contribution in [0.25, 0.3) is 0 Å². The standard InChI is InChI=1S/C14H20BrN3O/c1-3-7-16-11(12-5-6-13(15)19-12)10-14-17-8-9-18(14)4-2/h5-6,8-9,11,16H,3-4,7,10H2,1-2H3. The van der Waals surface area contributed by atoms with E-state index in [1.54, 1.807) is 0 Å². The highest BCUT2D eigenvalue weighted by atomic mass is 79.9. The lowest BCUT2D eigenvalue weighted by Gasteiger charge is -2.16. The van der Waals surface area contributed by atoms with Crippen LogP contribution in [-0.4, -0.2) is 16.1 Å². The summed E-state index contributed by atoms with van der Waals surface area (Å²) in [5.41, 5.74) is 0. The molecule has 0 aromatic carbocycles. The Bertz CT molecular complexity index is 506. The fourth-order valence-electron chi connectivity index (χ4n) is 2.11. The number of aryl methyl sites for hydroxylation is 1. The van der Waals surface area contributed by atoms with Gasteiger partial charge in [-0.05, 0) is 48.0 Å². The monoisotopic (exact) mass is 325 g/mol. The molecule has 5 heteroatoms. The van der Waals surface area contributed by atoms with Crippen molar-refractivity contribution in [2.24, 2.45) is 0 Å². The van der Waals surface area contributed by atoms with Gasteiger partial charge in [0.2, 0.25) is 0 Å². The van der Waals surface area contributed by atoms with E-state index in [1.165, 1.54) is 0 Å². The molecule has 19 heavy (non-hydrogen) atoms. The first kappa shape index (κ1) is 14.3. The molecule has 2 heterocycles. The van der Waals surface area contributed by atoms with Crippen LogP contribution in [0.1, 0.15) is 37.9 Å². The second kappa shape index (κ2) is 6.91. The number of imidazole rings is 1. The largest absolute Gasteiger partial charge is 0.453 e. The molecule has 1 atom stereocenters. The van der Waals surface area contributed by atoms with Crippen molar-refractivity contribution in [1.29, 1.82) is 0 Å². The molecule has 0 aliphatic carbocycles. The van der Waals surface area contributed by atoms with Crippen LogP contribution in [0, 0.1) is 0 Å². The topological polar surface area (TPSA) is 43.0 Å². The lowest BCUT2D eigenvalue weighted by Crippen LogP contribution is -2.25. The number of aromatic nitrogens is 2. The van der Waals surface area contributed by atoms with Crippen molar-refractivity contribution in [3.63, 3.8) is 0 Å². The van der Waals surface area contributed by atoms with Gasteiger partial charge in [-0.15, -0.1) is 0 Å². The van der Waals surface area contributed by atoms with Crippen molar-refractivity contribution in [3.05, 3.63) is 40.8 Å². The number of hydrogen-bond donors (Lipinski definition) is 1. The normalized spacial score (nSPS) is 12.8. The van der Waals surface area contributed by atoms with Gasteiger partial charge in [-0.3, -0.25) is 0 Å². The zero-order valence-electron chi connectivity index (χ0n) is 11.4. The van der Waals surface area contributed by atoms with Crippen LogP contribution in [0.3, 0.4) is 0 Å². The molecule has 0 spiro atoms. The molecule has 104 valence electrons. The first-order chi connectivity index (χ1) is 9.24. The summed E-state index contributed by atoms with van der Waals surface area (Å²) >= 11 is 3.36. The highest BCUT2D eigenvalue weighted by Gasteiger charge is 2.17. The van der Waals surface area contributed by atoms with Gasteiger partial charge in [0.1, 0.15) is 11.6 Å². The molecule has 0 saturated carbocycles. The Morgan fingerprint density at radius 1 is 1.42 bits per heavy atom. The summed E-state index contributed by atoms with van der Waals surface area (Å²) < 4.78 is 8.62. The van der Waals surface area contributed by atoms with Gasteiger partial charge < -0.3 is 14.3 Å². The second-order valence-corrected chi connectivity index (χ2v) is 5.26. The lowest BCUT2D eigenvalue weighted by molar-refractivity contribution is 0.393. The SMILES string of the molecule is CCCNC(Cc1nccn1CC)c1ccc(Br)o1. The highest BCUT2D eigenvalue weighted by Crippen LogP contribution is 2.23. The van der Waals surface area contributed by atoms with Crippen molar-refractivity contribution >= 4 is 15.9 Å². The molecule has 0 aliphatic rings. The van der Waals surface area contributed by atoms with Gasteiger partial charge in [0.15, 0.2) is 4.67 Å². The van der Waals surface area contributed by atoms with Gasteiger partial charge in [0.25, 0.3) is 0 Å². The molecular formula is C14H20BrN3O. The molecule has 2 aromatic rings. The maximum absolute atomic E-state index is 5.68. The second-order valence-electron chi connectivity index (χ2n) is 4.48. The number of nitrogens with one attached hydrogen (secondary N) is 1. The summed E-state index contributed by atoms with van der Waals surface area (Å²) in [5.74, 6) is 2.04. The van der Waals surface area contributed by atoms with Crippen LogP contribution in [-0.2, 0) is 13.0 Å². The Kier molecular flexibility index (Phi) is 5.22. The first-order valence-electron chi connectivity index (χ1n) is 6.73. The zero-order valence-corrected chi connectivity index (χ0v) is 13.0. The molecule has 4 nitrogen and oxygen atoms in total. The summed E-state index contributed by atoms with van der Waals surface area (Å²) in [5, 5.41) is 3.52. The minimum Gasteiger partial charge on any atom is -0.453 e. The van der Waals surface area contributed by atoms with Gasteiger partial charge in [-0.1, -0.05) is 6.92 Å². The van der Waals surface area contributed by atoms with E-state index >= 15 is 0 Å². The molecule has 0 saturated heterocycles. The van der Waals surface area contributed by atoms with Crippen LogP contribution < -0.4 is 5.32 Å². The van der Waals surface area contributed by atoms with E-state index in [0.29, 0.717) is 0 Å². The van der Waals surface area contributed by atoms with Crippen LogP contribution in [0.2, 0.25) is 0 Å². The number of halogens is 1. The Morgan fingerprint density at radius 3 is 2.89 bits per heavy atom. The lowest BCUT2D eigenvalue weighted by atomic mass is 10.1. The minimum atomic E-state index is 0.166. The smallest absolute Gasteiger partial charge is 0.169 e. The summed E-state index contributed by atoms with van der Waals surface area (Å²) in [6.07, 6.45) is 5.80. The van der Waals surface area contributed by atoms with Gasteiger partial charge in [0, 0.05) is 25.4 Å². The van der Waals surface area contributed by atoms with E-state index in [9.17, 15) is 0 Å². The predicted molar refractivity (Wildman–Crippen MR) is 79.0 cm³/mol. The van der Waals surface area contributed by atoms with E-state index < -0.39 is 0 Å². The van der Waals surface area contributed by atoms with E-state index in [0.717, 1.165) is 42.2 Å². The quantitative estimate of drug-likeness (QED) is 0.846. The molecular weight excluding hydrogens is 306 g/mol. The molecule has 1 N–H and O–H groups in total. The average molecular weight is 326 g/mol. The van der Waals surface area contributed by atoms with Gasteiger partial charge in [-0.2, -0.15) is 0 Å². The van der Waals surface area contributed by atoms with E-state index in [-0.39, 0.29) is 6.04 Å². The third-order valence-corrected chi connectivity index (χ3v) is 3.53. The molecule has 0 aliphatic heterocycles. The number of rotatable bonds is 7. The molecule has 0 bridgehead atoms. The van der Waals surface area contributed by atoms with Gasteiger partial charge >= 0.3 is 0 Å². The summed E-state index contributed by atoms with van der Waals surface area (Å²) in [6, 6.07) is 4.11. The van der Waals surface area contributed by atoms with Crippen molar-refractivity contribution in [1.82, 2.24) is 14.9 Å². The average Bonchev–Trinajstić information content (AvgIpc) is 3.02. The fraction of sp³-hybridized carbons (Fsp3) is 0.500. The number of hydrogen-bond acceptors (Lipinski definition) is 3. The third-order valence-electron chi connectivity index (χ3n) is 3.11. The predicted octanol–water partition coefficient (Wildman–Crippen LogP) is 3.54. The Labute approximate surface area is 122 Å². The van der Waals surface area contributed by atoms with Gasteiger partial charge in [0.05, 0.1) is 6.04 Å². The Hall–Kier alpha value is -1.07. The van der Waals surface area contributed by atoms with Crippen molar-refractivity contribution in [3.8, 4) is 0 Å². The third kappa shape index (κ3) is 3.70. The van der Waals surface area contributed by atoms with Crippen molar-refractivity contribution in [2.75, 3.05) is 6.54 Å². The van der Waals surface area contributed by atoms with Crippen molar-refractivity contribution in [2.45, 2.75) is 39.3 Å². The van der Waals surface area contributed by atoms with E-state index in [4.69, 9.17) is 4.42 Å². The van der Waals surface area contributed by atoms with E-state index in [2.05, 4.69) is 44.6 Å². The van der Waals surface area contributed by atoms with Crippen molar-refractivity contribution < 1.29 is 4.42 Å². The Balaban J connectivity index is 2.14. The highest BCUT2D eigenvalue weighted by molar-refractivity contribution is 9.10. The van der Waals surface area contributed by atoms with Crippen LogP contribution in [0.5, 0.6) is 0 Å². The Morgan fingerprint density at radius 2 is 2.26 bits per heavy atom. The summed E-state index contributed by atoms with van der Waals surface area (Å²) in [6.45, 7) is 6.20. The molecule has 2 aromatic heterocycles. The number of nitrogens with zero attached hydrogens (tertiary/aromatic N) is 2. The summed E-state index contributed by atoms with van der Waals surface area (Å²) in [4.78, 5) is 4.44. The minimum absolute atomic E-state index is 0.166. The fourth-order valence-corrected chi connectivity index (χ4v) is 2.43. The maximum Gasteiger partial charge on any atom is 0.169 e. The molecule has 0 amide bonds. The number of furan rings is 1. The first-order valence-corrected chi connectivity index (χ1v) is 7.52. The van der Waals surface area contributed by atoms with Gasteiger partial charge in [-0.25, -0.2) is 4.98 Å². The van der Waals surface area contributed by atoms with Crippen LogP contribution in [0.15, 0.2) is 33.6 Å². The van der Waals surface area contributed by atoms with Crippen LogP contribution in [0.4, 0.5) is 0 Å². The van der Waals surface area contributed by atoms with Crippen LogP contribution >= 0.6 is 15.9 Å². The zero-order chi connectivity index (χ0) is 13.7. The molecule has 0 radical (unpaired) electrons. The van der Waals surface area contributed by atoms with E-state index in [1.807, 2.05) is 24.5 Å². The summed E-state index contributed by atoms with van der Waals surface area (Å²) in [7, 11) is 0. The molecule has 1 unspecified atom stereocenters. The molecule has 2 rings (SSSR count).